The molecule has 0 saturated heterocycles. The molecule has 6 heteroatoms. The van der Waals surface area contributed by atoms with Gasteiger partial charge in [-0.1, -0.05) is 90.4 Å². The van der Waals surface area contributed by atoms with Crippen LogP contribution in [-0.2, 0) is 19.1 Å². The summed E-state index contributed by atoms with van der Waals surface area (Å²) in [6.07, 6.45) is 22.5. The van der Waals surface area contributed by atoms with Crippen molar-refractivity contribution >= 4 is 11.9 Å². The Kier molecular flexibility index (Phi) is 12.7. The van der Waals surface area contributed by atoms with Gasteiger partial charge in [0.05, 0.1) is 26.2 Å². The number of unbranched alkanes of at least 4 members (excludes halogenated alkanes) is 15. The predicted octanol–water partition coefficient (Wildman–Crippen LogP) is 7.56. The van der Waals surface area contributed by atoms with Crippen molar-refractivity contribution < 1.29 is 24.2 Å². The second kappa shape index (κ2) is 16.4. The van der Waals surface area contributed by atoms with E-state index in [0.29, 0.717) is 25.0 Å². The van der Waals surface area contributed by atoms with E-state index in [2.05, 4.69) is 11.8 Å². The molecule has 6 aliphatic rings. The number of carbonyl (C=O) groups is 2. The molecule has 0 aliphatic heterocycles. The minimum atomic E-state index is -0.0261. The van der Waals surface area contributed by atoms with Crippen molar-refractivity contribution in [3.05, 3.63) is 0 Å². The van der Waals surface area contributed by atoms with Crippen LogP contribution in [-0.4, -0.2) is 61.4 Å². The van der Waals surface area contributed by atoms with Crippen molar-refractivity contribution in [2.75, 3.05) is 39.5 Å². The van der Waals surface area contributed by atoms with Crippen LogP contribution in [0.3, 0.4) is 0 Å². The van der Waals surface area contributed by atoms with Gasteiger partial charge in [-0.2, -0.15) is 0 Å². The first-order valence-corrected chi connectivity index (χ1v) is 18.8. The fourth-order valence-corrected chi connectivity index (χ4v) is 10.6. The second-order valence-corrected chi connectivity index (χ2v) is 14.9. The fourth-order valence-electron chi connectivity index (χ4n) is 10.6. The summed E-state index contributed by atoms with van der Waals surface area (Å²) in [5.41, 5.74) is 0.458. The van der Waals surface area contributed by atoms with Crippen LogP contribution in [0.5, 0.6) is 0 Å². The average Bonchev–Trinajstić information content (AvgIpc) is 3.01. The van der Waals surface area contributed by atoms with E-state index in [1.165, 1.54) is 70.6 Å². The lowest BCUT2D eigenvalue weighted by Crippen LogP contribution is -3.05. The maximum atomic E-state index is 12.4. The van der Waals surface area contributed by atoms with E-state index < -0.39 is 0 Å². The number of carbonyl (C=O) groups excluding carboxylic acids is 2. The maximum Gasteiger partial charge on any atom is 0.306 e. The number of esters is 2. The van der Waals surface area contributed by atoms with Crippen molar-refractivity contribution in [1.82, 2.24) is 4.90 Å². The number of rotatable bonds is 29. The molecule has 6 rings (SSSR count). The van der Waals surface area contributed by atoms with Crippen molar-refractivity contribution in [2.24, 2.45) is 46.8 Å². The molecule has 6 aliphatic carbocycles. The van der Waals surface area contributed by atoms with Crippen LogP contribution in [0.1, 0.15) is 135 Å². The minimum Gasteiger partial charge on any atom is -0.466 e. The van der Waals surface area contributed by atoms with Gasteiger partial charge in [0, 0.05) is 13.0 Å². The number of hydrogen-bond acceptors (Lipinski definition) is 6. The number of aliphatic hydroxyl groups excluding tert-OH is 1. The lowest BCUT2D eigenvalue weighted by Gasteiger charge is -3.07. The summed E-state index contributed by atoms with van der Waals surface area (Å²) in [6.45, 7) is 6.56. The van der Waals surface area contributed by atoms with Gasteiger partial charge in [0.2, 0.25) is 0 Å². The van der Waals surface area contributed by atoms with Crippen molar-refractivity contribution in [1.29, 1.82) is 0 Å². The molecular formula is C37H63NO5. The third kappa shape index (κ3) is 7.16. The zero-order valence-electron chi connectivity index (χ0n) is 27.5. The van der Waals surface area contributed by atoms with E-state index >= 15 is 0 Å². The van der Waals surface area contributed by atoms with Crippen molar-refractivity contribution in [2.45, 2.75) is 135 Å². The SMILES string of the molecule is CCCCCCCCCOC(=O)CCCCCCCN(CCO)CCCCCCCCOC(=O)CC12C3C4C5C3C1C5C42. The highest BCUT2D eigenvalue weighted by atomic mass is 16.5. The predicted molar refractivity (Wildman–Crippen MR) is 170 cm³/mol. The first kappa shape index (κ1) is 33.2. The molecule has 0 amide bonds. The van der Waals surface area contributed by atoms with Crippen LogP contribution in [0.4, 0.5) is 0 Å². The molecule has 0 unspecified atom stereocenters. The topological polar surface area (TPSA) is 76.1 Å². The highest BCUT2D eigenvalue weighted by Gasteiger charge is 3.04. The van der Waals surface area contributed by atoms with Gasteiger partial charge >= 0.3 is 11.9 Å². The Hall–Kier alpha value is -1.14. The maximum absolute atomic E-state index is 12.4. The van der Waals surface area contributed by atoms with Crippen LogP contribution in [0.15, 0.2) is 0 Å². The summed E-state index contributed by atoms with van der Waals surface area (Å²) in [6, 6.07) is 0. The second-order valence-electron chi connectivity index (χ2n) is 14.9. The normalized spacial score (nSPS) is 31.4. The molecule has 1 N–H and O–H groups in total. The Morgan fingerprint density at radius 3 is 1.58 bits per heavy atom. The van der Waals surface area contributed by atoms with E-state index in [9.17, 15) is 14.7 Å². The molecule has 0 aromatic heterocycles. The summed E-state index contributed by atoms with van der Waals surface area (Å²) in [4.78, 5) is 26.7. The summed E-state index contributed by atoms with van der Waals surface area (Å²) in [5.74, 6) is 7.15. The molecule has 0 aromatic carbocycles. The van der Waals surface area contributed by atoms with Crippen LogP contribution in [0.2, 0.25) is 0 Å². The van der Waals surface area contributed by atoms with Crippen LogP contribution < -0.4 is 0 Å². The standard InChI is InChI=1S/C37H63NO5/c1-2-3-4-5-7-13-18-25-42-28(40)20-15-10-9-12-17-22-38(23-24-39)21-16-11-6-8-14-19-26-43-29(41)27-37-34-31-30-32(34)36(37)33(30)35(31)37/h30-36,39H,2-27H2,1H3. The molecule has 246 valence electrons. The molecule has 0 heterocycles. The smallest absolute Gasteiger partial charge is 0.306 e. The lowest BCUT2D eigenvalue weighted by molar-refractivity contribution is -0.613. The average molecular weight is 602 g/mol. The van der Waals surface area contributed by atoms with E-state index in [1.807, 2.05) is 0 Å². The minimum absolute atomic E-state index is 0.0261. The van der Waals surface area contributed by atoms with E-state index in [4.69, 9.17) is 9.47 Å². The Labute approximate surface area is 262 Å². The molecule has 6 fully saturated rings. The van der Waals surface area contributed by atoms with Gasteiger partial charge in [0.1, 0.15) is 0 Å². The van der Waals surface area contributed by atoms with E-state index in [1.54, 1.807) is 0 Å². The van der Waals surface area contributed by atoms with Crippen LogP contribution in [0, 0.1) is 46.8 Å². The fraction of sp³-hybridized carbons (Fsp3) is 0.946. The zero-order valence-corrected chi connectivity index (χ0v) is 27.5. The Morgan fingerprint density at radius 1 is 0.581 bits per heavy atom. The van der Waals surface area contributed by atoms with Crippen LogP contribution >= 0.6 is 0 Å². The molecule has 6 nitrogen and oxygen atoms in total. The number of aliphatic hydroxyl groups is 1. The molecule has 0 atom stereocenters. The summed E-state index contributed by atoms with van der Waals surface area (Å²) in [7, 11) is 0. The van der Waals surface area contributed by atoms with Gasteiger partial charge in [-0.3, -0.25) is 9.59 Å². The van der Waals surface area contributed by atoms with Crippen molar-refractivity contribution in [3.8, 4) is 0 Å². The summed E-state index contributed by atoms with van der Waals surface area (Å²) >= 11 is 0. The first-order valence-electron chi connectivity index (χ1n) is 18.8. The summed E-state index contributed by atoms with van der Waals surface area (Å²) in [5, 5.41) is 9.46. The number of hydrogen-bond donors (Lipinski definition) is 1. The van der Waals surface area contributed by atoms with Crippen LogP contribution in [0.25, 0.3) is 0 Å². The number of nitrogens with zero attached hydrogens (tertiary/aromatic N) is 1. The zero-order chi connectivity index (χ0) is 30.1. The van der Waals surface area contributed by atoms with Crippen molar-refractivity contribution in [3.63, 3.8) is 0 Å². The molecule has 43 heavy (non-hydrogen) atoms. The molecule has 0 bridgehead atoms. The Balaban J connectivity index is 0.753. The van der Waals surface area contributed by atoms with Gasteiger partial charge < -0.3 is 19.5 Å². The number of ether oxygens (including phenoxy) is 2. The third-order valence-electron chi connectivity index (χ3n) is 12.5. The van der Waals surface area contributed by atoms with Gasteiger partial charge in [-0.15, -0.1) is 0 Å². The molecule has 0 spiro atoms. The first-order chi connectivity index (χ1) is 21.1. The van der Waals surface area contributed by atoms with E-state index in [-0.39, 0.29) is 18.5 Å². The third-order valence-corrected chi connectivity index (χ3v) is 12.5. The van der Waals surface area contributed by atoms with Gasteiger partial charge in [-0.25, -0.2) is 0 Å². The van der Waals surface area contributed by atoms with E-state index in [0.717, 1.165) is 112 Å². The quantitative estimate of drug-likeness (QED) is 0.0705. The van der Waals surface area contributed by atoms with Gasteiger partial charge in [0.15, 0.2) is 0 Å². The largest absolute Gasteiger partial charge is 0.466 e. The van der Waals surface area contributed by atoms with Gasteiger partial charge in [-0.05, 0) is 92.0 Å². The Morgan fingerprint density at radius 2 is 1.05 bits per heavy atom. The molecular weight excluding hydrogens is 538 g/mol. The molecule has 6 saturated carbocycles. The summed E-state index contributed by atoms with van der Waals surface area (Å²) < 4.78 is 11.0. The molecule has 0 radical (unpaired) electrons. The lowest BCUT2D eigenvalue weighted by atomic mass is 8.96. The molecule has 0 aromatic rings. The Bertz CT molecular complexity index is 824. The highest BCUT2D eigenvalue weighted by Crippen LogP contribution is 3.06. The highest BCUT2D eigenvalue weighted by molar-refractivity contribution is 5.73. The van der Waals surface area contributed by atoms with Gasteiger partial charge in [0.25, 0.3) is 0 Å². The monoisotopic (exact) mass is 601 g/mol.